The molecule has 0 spiro atoms. The van der Waals surface area contributed by atoms with E-state index in [-0.39, 0.29) is 17.4 Å². The van der Waals surface area contributed by atoms with Crippen LogP contribution in [0, 0.1) is 5.82 Å². The van der Waals surface area contributed by atoms with Gasteiger partial charge < -0.3 is 10.1 Å². The van der Waals surface area contributed by atoms with Gasteiger partial charge in [-0.1, -0.05) is 12.1 Å². The van der Waals surface area contributed by atoms with Gasteiger partial charge in [-0.25, -0.2) is 9.37 Å². The largest absolute Gasteiger partial charge is 0.506 e. The summed E-state index contributed by atoms with van der Waals surface area (Å²) in [4.78, 5) is 18.5. The Hall–Kier alpha value is -3.22. The molecule has 3 rings (SSSR count). The first-order valence-electron chi connectivity index (χ1n) is 6.85. The van der Waals surface area contributed by atoms with Gasteiger partial charge >= 0.3 is 0 Å². The summed E-state index contributed by atoms with van der Waals surface area (Å²) in [7, 11) is 0. The van der Waals surface area contributed by atoms with Gasteiger partial charge in [-0.15, -0.1) is 0 Å². The van der Waals surface area contributed by atoms with Crippen molar-refractivity contribution in [2.45, 2.75) is 6.42 Å². The zero-order valence-electron chi connectivity index (χ0n) is 12.0. The van der Waals surface area contributed by atoms with Crippen LogP contribution in [0.3, 0.4) is 0 Å². The molecule has 0 saturated heterocycles. The van der Waals surface area contributed by atoms with Gasteiger partial charge in [-0.05, 0) is 29.8 Å². The molecule has 1 aromatic carbocycles. The van der Waals surface area contributed by atoms with Crippen LogP contribution >= 0.6 is 0 Å². The van der Waals surface area contributed by atoms with Gasteiger partial charge in [0.05, 0.1) is 5.69 Å². The fourth-order valence-corrected chi connectivity index (χ4v) is 2.11. The Morgan fingerprint density at radius 1 is 1.22 bits per heavy atom. The summed E-state index contributed by atoms with van der Waals surface area (Å²) < 4.78 is 12.9. The normalized spacial score (nSPS) is 11.6. The van der Waals surface area contributed by atoms with E-state index in [1.54, 1.807) is 24.3 Å². The van der Waals surface area contributed by atoms with Crippen molar-refractivity contribution in [1.82, 2.24) is 20.2 Å². The maximum atomic E-state index is 12.9. The van der Waals surface area contributed by atoms with E-state index < -0.39 is 5.78 Å². The lowest BCUT2D eigenvalue weighted by Crippen LogP contribution is -1.99. The molecule has 0 unspecified atom stereocenters. The van der Waals surface area contributed by atoms with E-state index in [2.05, 4.69) is 20.2 Å². The number of halogens is 1. The van der Waals surface area contributed by atoms with Crippen molar-refractivity contribution in [3.05, 3.63) is 77.4 Å². The number of allylic oxidation sites excluding steroid dienone is 1. The fraction of sp³-hybridized carbons (Fsp3) is 0.0625. The zero-order valence-corrected chi connectivity index (χ0v) is 12.0. The summed E-state index contributed by atoms with van der Waals surface area (Å²) in [6.45, 7) is 0. The molecule has 0 radical (unpaired) electrons. The minimum absolute atomic E-state index is 0.0506. The molecule has 0 atom stereocenters. The van der Waals surface area contributed by atoms with Gasteiger partial charge in [-0.2, -0.15) is 5.10 Å². The predicted molar refractivity (Wildman–Crippen MR) is 81.3 cm³/mol. The third-order valence-electron chi connectivity index (χ3n) is 3.25. The molecular formula is C16H13FN4O2. The van der Waals surface area contributed by atoms with Crippen molar-refractivity contribution in [3.63, 3.8) is 0 Å². The quantitative estimate of drug-likeness (QED) is 0.383. The van der Waals surface area contributed by atoms with Gasteiger partial charge in [0.15, 0.2) is 5.82 Å². The predicted octanol–water partition coefficient (Wildman–Crippen LogP) is 2.64. The highest BCUT2D eigenvalue weighted by molar-refractivity contribution is 6.05. The standard InChI is InChI=1S/C16H13FN4O2/c17-11-3-1-10(2-4-11)7-12-5-6-13(20-12)14(22)8-15(23)16-18-9-19-21-16/h1-6,8-9,20,22H,7H2,(H,18,19,21). The van der Waals surface area contributed by atoms with Crippen molar-refractivity contribution >= 4 is 11.5 Å². The van der Waals surface area contributed by atoms with Crippen LogP contribution in [-0.2, 0) is 6.42 Å². The van der Waals surface area contributed by atoms with Gasteiger partial charge in [0, 0.05) is 18.2 Å². The third-order valence-corrected chi connectivity index (χ3v) is 3.25. The first-order valence-corrected chi connectivity index (χ1v) is 6.85. The Balaban J connectivity index is 1.73. The number of benzene rings is 1. The molecule has 0 fully saturated rings. The SMILES string of the molecule is O=C(C=C(O)c1ccc(Cc2ccc(F)cc2)[nH]1)c1ncn[nH]1. The Labute approximate surface area is 130 Å². The number of ketones is 1. The molecule has 0 aliphatic carbocycles. The number of hydrogen-bond acceptors (Lipinski definition) is 4. The molecule has 3 N–H and O–H groups in total. The molecule has 3 aromatic rings. The number of nitrogens with one attached hydrogen (secondary N) is 2. The van der Waals surface area contributed by atoms with Crippen molar-refractivity contribution in [2.24, 2.45) is 0 Å². The summed E-state index contributed by atoms with van der Waals surface area (Å²) in [5.74, 6) is -0.909. The van der Waals surface area contributed by atoms with E-state index in [9.17, 15) is 14.3 Å². The summed E-state index contributed by atoms with van der Waals surface area (Å²) in [6.07, 6.45) is 2.84. The van der Waals surface area contributed by atoms with Crippen molar-refractivity contribution in [2.75, 3.05) is 0 Å². The van der Waals surface area contributed by atoms with Gasteiger partial charge in [0.2, 0.25) is 5.78 Å². The lowest BCUT2D eigenvalue weighted by atomic mass is 10.1. The monoisotopic (exact) mass is 312 g/mol. The number of hydrogen-bond donors (Lipinski definition) is 3. The lowest BCUT2D eigenvalue weighted by molar-refractivity contribution is 0.103. The zero-order chi connectivity index (χ0) is 16.2. The molecule has 23 heavy (non-hydrogen) atoms. The molecule has 0 amide bonds. The number of nitrogens with zero attached hydrogens (tertiary/aromatic N) is 2. The van der Waals surface area contributed by atoms with E-state index in [1.165, 1.54) is 18.5 Å². The molecule has 0 saturated carbocycles. The highest BCUT2D eigenvalue weighted by Gasteiger charge is 2.10. The van der Waals surface area contributed by atoms with Gasteiger partial charge in [0.25, 0.3) is 0 Å². The Morgan fingerprint density at radius 2 is 2.00 bits per heavy atom. The van der Waals surface area contributed by atoms with Crippen molar-refractivity contribution in [1.29, 1.82) is 0 Å². The van der Waals surface area contributed by atoms with Crippen LogP contribution in [0.25, 0.3) is 5.76 Å². The minimum atomic E-state index is -0.477. The Bertz CT molecular complexity index is 835. The number of H-pyrrole nitrogens is 2. The molecule has 2 aromatic heterocycles. The highest BCUT2D eigenvalue weighted by atomic mass is 19.1. The topological polar surface area (TPSA) is 94.7 Å². The smallest absolute Gasteiger partial charge is 0.226 e. The number of rotatable bonds is 5. The molecule has 0 aliphatic heterocycles. The molecule has 7 heteroatoms. The van der Waals surface area contributed by atoms with Crippen molar-refractivity contribution < 1.29 is 14.3 Å². The Kier molecular flexibility index (Phi) is 4.01. The number of carbonyl (C=O) groups is 1. The molecule has 0 aliphatic rings. The lowest BCUT2D eigenvalue weighted by Gasteiger charge is -2.00. The van der Waals surface area contributed by atoms with Gasteiger partial charge in [-0.3, -0.25) is 9.89 Å². The van der Waals surface area contributed by atoms with E-state index in [4.69, 9.17) is 0 Å². The second kappa shape index (κ2) is 6.27. The van der Waals surface area contributed by atoms with E-state index in [0.29, 0.717) is 12.1 Å². The van der Waals surface area contributed by atoms with Crippen LogP contribution in [0.5, 0.6) is 0 Å². The summed E-state index contributed by atoms with van der Waals surface area (Å²) in [6, 6.07) is 9.64. The third kappa shape index (κ3) is 3.52. The van der Waals surface area contributed by atoms with Crippen LogP contribution in [0.2, 0.25) is 0 Å². The summed E-state index contributed by atoms with van der Waals surface area (Å²) >= 11 is 0. The van der Waals surface area contributed by atoms with Crippen LogP contribution in [0.4, 0.5) is 4.39 Å². The first kappa shape index (κ1) is 14.7. The van der Waals surface area contributed by atoms with E-state index in [0.717, 1.165) is 17.3 Å². The van der Waals surface area contributed by atoms with Crippen LogP contribution in [-0.4, -0.2) is 31.1 Å². The average Bonchev–Trinajstić information content (AvgIpc) is 3.21. The molecule has 6 nitrogen and oxygen atoms in total. The van der Waals surface area contributed by atoms with Crippen molar-refractivity contribution in [3.8, 4) is 0 Å². The molecule has 2 heterocycles. The highest BCUT2D eigenvalue weighted by Crippen LogP contribution is 2.15. The summed E-state index contributed by atoms with van der Waals surface area (Å²) in [5, 5.41) is 16.0. The number of aliphatic hydroxyl groups excluding tert-OH is 1. The molecular weight excluding hydrogens is 299 g/mol. The first-order chi connectivity index (χ1) is 11.1. The number of aromatic amines is 2. The second-order valence-electron chi connectivity index (χ2n) is 4.93. The molecule has 116 valence electrons. The van der Waals surface area contributed by atoms with E-state index >= 15 is 0 Å². The van der Waals surface area contributed by atoms with Crippen LogP contribution in [0.1, 0.15) is 27.6 Å². The van der Waals surface area contributed by atoms with Gasteiger partial charge in [0.1, 0.15) is 17.9 Å². The molecule has 0 bridgehead atoms. The van der Waals surface area contributed by atoms with E-state index in [1.807, 2.05) is 0 Å². The minimum Gasteiger partial charge on any atom is -0.506 e. The number of aromatic nitrogens is 4. The van der Waals surface area contributed by atoms with Crippen LogP contribution in [0.15, 0.2) is 48.8 Å². The maximum Gasteiger partial charge on any atom is 0.226 e. The number of aliphatic hydroxyl groups is 1. The number of carbonyl (C=O) groups excluding carboxylic acids is 1. The maximum absolute atomic E-state index is 12.9. The summed E-state index contributed by atoms with van der Waals surface area (Å²) in [5.41, 5.74) is 2.18. The average molecular weight is 312 g/mol. The van der Waals surface area contributed by atoms with Crippen LogP contribution < -0.4 is 0 Å². The fourth-order valence-electron chi connectivity index (χ4n) is 2.11. The second-order valence-corrected chi connectivity index (χ2v) is 4.93. The Morgan fingerprint density at radius 3 is 2.70 bits per heavy atom.